The molecule has 0 aromatic carbocycles. The molecule has 0 spiro atoms. The Morgan fingerprint density at radius 3 is 2.67 bits per heavy atom. The summed E-state index contributed by atoms with van der Waals surface area (Å²) in [6.45, 7) is 8.43. The summed E-state index contributed by atoms with van der Waals surface area (Å²) in [5.74, 6) is -0.425. The SMILES string of the molecule is CCNC(=O)CN(CC)C(=O)c1cc(-c2ccc(C)s2)nc2onc(C)c12. The van der Waals surface area contributed by atoms with Gasteiger partial charge in [-0.2, -0.15) is 0 Å². The summed E-state index contributed by atoms with van der Waals surface area (Å²) in [5.41, 5.74) is 2.04. The molecule has 0 unspecified atom stereocenters. The van der Waals surface area contributed by atoms with Crippen molar-refractivity contribution < 1.29 is 14.1 Å². The number of aryl methyl sites for hydroxylation is 2. The average Bonchev–Trinajstić information content (AvgIpc) is 3.25. The van der Waals surface area contributed by atoms with Crippen LogP contribution >= 0.6 is 11.3 Å². The molecule has 0 atom stereocenters. The van der Waals surface area contributed by atoms with Crippen LogP contribution in [0.1, 0.15) is 34.8 Å². The first kappa shape index (κ1) is 19.0. The number of fused-ring (bicyclic) bond motifs is 1. The second-order valence-corrected chi connectivity index (χ2v) is 7.47. The molecule has 8 heteroatoms. The van der Waals surface area contributed by atoms with E-state index in [1.807, 2.05) is 32.9 Å². The monoisotopic (exact) mass is 386 g/mol. The second-order valence-electron chi connectivity index (χ2n) is 6.19. The Morgan fingerprint density at radius 2 is 2.04 bits per heavy atom. The van der Waals surface area contributed by atoms with Gasteiger partial charge in [0.1, 0.15) is 0 Å². The molecule has 3 aromatic rings. The van der Waals surface area contributed by atoms with Crippen LogP contribution in [0.15, 0.2) is 22.7 Å². The van der Waals surface area contributed by atoms with Gasteiger partial charge in [0.05, 0.1) is 33.8 Å². The molecule has 0 aliphatic rings. The Balaban J connectivity index is 2.06. The third kappa shape index (κ3) is 3.85. The fraction of sp³-hybridized carbons (Fsp3) is 0.368. The van der Waals surface area contributed by atoms with Crippen molar-refractivity contribution in [1.29, 1.82) is 0 Å². The molecule has 0 radical (unpaired) electrons. The number of amides is 2. The summed E-state index contributed by atoms with van der Waals surface area (Å²) < 4.78 is 5.34. The van der Waals surface area contributed by atoms with E-state index >= 15 is 0 Å². The van der Waals surface area contributed by atoms with E-state index in [1.54, 1.807) is 24.3 Å². The molecule has 27 heavy (non-hydrogen) atoms. The van der Waals surface area contributed by atoms with E-state index in [-0.39, 0.29) is 18.4 Å². The number of carbonyl (C=O) groups is 2. The Kier molecular flexibility index (Phi) is 5.55. The number of aromatic nitrogens is 2. The van der Waals surface area contributed by atoms with E-state index in [0.717, 1.165) is 9.75 Å². The lowest BCUT2D eigenvalue weighted by molar-refractivity contribution is -0.121. The highest BCUT2D eigenvalue weighted by Crippen LogP contribution is 2.31. The van der Waals surface area contributed by atoms with Crippen molar-refractivity contribution >= 4 is 34.3 Å². The molecule has 3 heterocycles. The highest BCUT2D eigenvalue weighted by atomic mass is 32.1. The summed E-state index contributed by atoms with van der Waals surface area (Å²) in [6.07, 6.45) is 0. The average molecular weight is 386 g/mol. The molecule has 1 N–H and O–H groups in total. The molecule has 2 amide bonds. The topological polar surface area (TPSA) is 88.3 Å². The molecule has 0 saturated heterocycles. The van der Waals surface area contributed by atoms with Crippen LogP contribution in [0, 0.1) is 13.8 Å². The summed E-state index contributed by atoms with van der Waals surface area (Å²) >= 11 is 1.59. The van der Waals surface area contributed by atoms with Crippen LogP contribution in [0.25, 0.3) is 21.7 Å². The Hall–Kier alpha value is -2.74. The number of pyridine rings is 1. The van der Waals surface area contributed by atoms with Gasteiger partial charge in [-0.3, -0.25) is 9.59 Å². The number of carbonyl (C=O) groups excluding carboxylic acids is 2. The lowest BCUT2D eigenvalue weighted by atomic mass is 10.1. The molecular weight excluding hydrogens is 364 g/mol. The van der Waals surface area contributed by atoms with Crippen LogP contribution in [-0.2, 0) is 4.79 Å². The highest BCUT2D eigenvalue weighted by Gasteiger charge is 2.24. The van der Waals surface area contributed by atoms with Gasteiger partial charge >= 0.3 is 0 Å². The smallest absolute Gasteiger partial charge is 0.259 e. The summed E-state index contributed by atoms with van der Waals surface area (Å²) in [4.78, 5) is 33.3. The van der Waals surface area contributed by atoms with Gasteiger partial charge in [-0.15, -0.1) is 11.3 Å². The van der Waals surface area contributed by atoms with Crippen LogP contribution in [0.5, 0.6) is 0 Å². The molecule has 0 aliphatic carbocycles. The number of hydrogen-bond donors (Lipinski definition) is 1. The molecule has 142 valence electrons. The van der Waals surface area contributed by atoms with Gasteiger partial charge in [0.2, 0.25) is 5.91 Å². The number of thiophene rings is 1. The van der Waals surface area contributed by atoms with Crippen LogP contribution < -0.4 is 5.32 Å². The predicted octanol–water partition coefficient (Wildman–Crippen LogP) is 3.17. The normalized spacial score (nSPS) is 11.0. The number of nitrogens with zero attached hydrogens (tertiary/aromatic N) is 3. The lowest BCUT2D eigenvalue weighted by Crippen LogP contribution is -2.40. The highest BCUT2D eigenvalue weighted by molar-refractivity contribution is 7.15. The van der Waals surface area contributed by atoms with Gasteiger partial charge in [0.25, 0.3) is 11.6 Å². The van der Waals surface area contributed by atoms with Gasteiger partial charge in [-0.05, 0) is 45.9 Å². The largest absolute Gasteiger partial charge is 0.355 e. The Morgan fingerprint density at radius 1 is 1.26 bits per heavy atom. The first-order chi connectivity index (χ1) is 12.9. The molecule has 0 bridgehead atoms. The molecule has 3 aromatic heterocycles. The number of nitrogens with one attached hydrogen (secondary N) is 1. The Bertz CT molecular complexity index is 992. The minimum atomic E-state index is -0.239. The van der Waals surface area contributed by atoms with Crippen molar-refractivity contribution in [2.75, 3.05) is 19.6 Å². The first-order valence-corrected chi connectivity index (χ1v) is 9.66. The third-order valence-corrected chi connectivity index (χ3v) is 5.24. The number of hydrogen-bond acceptors (Lipinski definition) is 6. The van der Waals surface area contributed by atoms with Crippen molar-refractivity contribution in [2.45, 2.75) is 27.7 Å². The minimum absolute atomic E-state index is 0.00472. The molecule has 0 saturated carbocycles. The van der Waals surface area contributed by atoms with Gasteiger partial charge in [-0.1, -0.05) is 5.16 Å². The molecule has 7 nitrogen and oxygen atoms in total. The van der Waals surface area contributed by atoms with E-state index in [0.29, 0.717) is 41.1 Å². The number of rotatable bonds is 6. The first-order valence-electron chi connectivity index (χ1n) is 8.84. The second kappa shape index (κ2) is 7.87. The zero-order valence-corrected chi connectivity index (χ0v) is 16.6. The fourth-order valence-electron chi connectivity index (χ4n) is 2.89. The van der Waals surface area contributed by atoms with Crippen LogP contribution in [0.4, 0.5) is 0 Å². The van der Waals surface area contributed by atoms with Crippen molar-refractivity contribution in [1.82, 2.24) is 20.4 Å². The van der Waals surface area contributed by atoms with E-state index < -0.39 is 0 Å². The maximum Gasteiger partial charge on any atom is 0.259 e. The van der Waals surface area contributed by atoms with E-state index in [2.05, 4.69) is 15.5 Å². The summed E-state index contributed by atoms with van der Waals surface area (Å²) in [6, 6.07) is 5.74. The maximum atomic E-state index is 13.2. The van der Waals surface area contributed by atoms with E-state index in [1.165, 1.54) is 4.90 Å². The zero-order valence-electron chi connectivity index (χ0n) is 15.8. The predicted molar refractivity (Wildman–Crippen MR) is 105 cm³/mol. The van der Waals surface area contributed by atoms with Crippen molar-refractivity contribution in [3.63, 3.8) is 0 Å². The van der Waals surface area contributed by atoms with Crippen molar-refractivity contribution in [3.8, 4) is 10.6 Å². The van der Waals surface area contributed by atoms with Crippen LogP contribution in [0.3, 0.4) is 0 Å². The van der Waals surface area contributed by atoms with E-state index in [9.17, 15) is 9.59 Å². The molecule has 0 fully saturated rings. The van der Waals surface area contributed by atoms with Crippen molar-refractivity contribution in [2.24, 2.45) is 0 Å². The van der Waals surface area contributed by atoms with Crippen molar-refractivity contribution in [3.05, 3.63) is 34.3 Å². The van der Waals surface area contributed by atoms with Gasteiger partial charge in [-0.25, -0.2) is 4.98 Å². The minimum Gasteiger partial charge on any atom is -0.355 e. The maximum absolute atomic E-state index is 13.2. The summed E-state index contributed by atoms with van der Waals surface area (Å²) in [5, 5.41) is 7.29. The standard InChI is InChI=1S/C19H22N4O3S/c1-5-20-16(24)10-23(6-2)19(25)13-9-14(15-8-7-11(3)27-15)21-18-17(13)12(4)22-26-18/h7-9H,5-6,10H2,1-4H3,(H,20,24). The molecule has 0 aliphatic heterocycles. The van der Waals surface area contributed by atoms with Gasteiger partial charge in [0.15, 0.2) is 0 Å². The van der Waals surface area contributed by atoms with Gasteiger partial charge < -0.3 is 14.7 Å². The fourth-order valence-corrected chi connectivity index (χ4v) is 3.71. The van der Waals surface area contributed by atoms with Crippen LogP contribution in [0.2, 0.25) is 0 Å². The third-order valence-electron chi connectivity index (χ3n) is 4.22. The lowest BCUT2D eigenvalue weighted by Gasteiger charge is -2.20. The molecule has 3 rings (SSSR count). The van der Waals surface area contributed by atoms with E-state index in [4.69, 9.17) is 4.52 Å². The Labute approximate surface area is 161 Å². The number of likely N-dealkylation sites (N-methyl/N-ethyl adjacent to an activating group) is 2. The zero-order chi connectivity index (χ0) is 19.6. The summed E-state index contributed by atoms with van der Waals surface area (Å²) in [7, 11) is 0. The van der Waals surface area contributed by atoms with Gasteiger partial charge in [0, 0.05) is 18.0 Å². The molecular formula is C19H22N4O3S. The quantitative estimate of drug-likeness (QED) is 0.703. The van der Waals surface area contributed by atoms with Crippen LogP contribution in [-0.4, -0.2) is 46.5 Å².